The van der Waals surface area contributed by atoms with Gasteiger partial charge in [0.05, 0.1) is 23.4 Å². The van der Waals surface area contributed by atoms with E-state index in [-0.39, 0.29) is 5.92 Å². The van der Waals surface area contributed by atoms with Crippen LogP contribution in [-0.4, -0.2) is 16.8 Å². The molecular weight excluding hydrogens is 869 g/mol. The fourth-order valence-corrected chi connectivity index (χ4v) is 17.0. The van der Waals surface area contributed by atoms with E-state index in [4.69, 9.17) is 5.10 Å². The van der Waals surface area contributed by atoms with Crippen molar-refractivity contribution < 1.29 is 0 Å². The molecule has 72 heavy (non-hydrogen) atoms. The molecule has 13 atom stereocenters. The van der Waals surface area contributed by atoms with Crippen LogP contribution in [0.5, 0.6) is 0 Å². The molecule has 0 N–H and O–H groups in total. The Bertz CT molecular complexity index is 3140. The largest absolute Gasteiger partial charge is 0.261 e. The maximum atomic E-state index is 5.94. The van der Waals surface area contributed by atoms with E-state index in [2.05, 4.69) is 181 Å². The summed E-state index contributed by atoms with van der Waals surface area (Å²) in [6, 6.07) is 50.3. The molecule has 13 unspecified atom stereocenters. The lowest BCUT2D eigenvalue weighted by Gasteiger charge is -2.49. The van der Waals surface area contributed by atoms with Crippen LogP contribution in [-0.2, 0) is 12.8 Å². The molecule has 0 saturated heterocycles. The van der Waals surface area contributed by atoms with Crippen molar-refractivity contribution in [3.05, 3.63) is 243 Å². The summed E-state index contributed by atoms with van der Waals surface area (Å²) in [5.74, 6) is 6.51. The Morgan fingerprint density at radius 2 is 1.22 bits per heavy atom. The molecule has 360 valence electrons. The van der Waals surface area contributed by atoms with Crippen LogP contribution in [0.1, 0.15) is 157 Å². The third-order valence-electron chi connectivity index (χ3n) is 20.3. The van der Waals surface area contributed by atoms with Crippen molar-refractivity contribution in [3.63, 3.8) is 0 Å². The fraction of sp³-hybridized carbons (Fsp3) is 0.386. The standard InChI is InChI=1S/C70H70N2/c1-4-19-44(20-5-1)66-68(45-21-6-2-7-22-45)71-72-69(46-23-8-3-9-24-46)65(59-33-16-17-34-61(59)70(66)72)51-28-18-27-47(37-51)52-38-53(62-41-48-25-10-12-29-55(48)57-31-14-15-32-58(57)62)40-54(39-52)63-42-49-26-11-13-30-56(49)67-60(63)36-35-50-43-64(50)67/h1-2,4-7,10-14,16,19-23,25-27,29-31,33,35-36,38-40,50-51,57-64,66-67,70H,3,8-9,15,17-18,24,28,32,34,37,41-43H2. The molecule has 2 heteroatoms. The van der Waals surface area contributed by atoms with Gasteiger partial charge < -0.3 is 0 Å². The lowest BCUT2D eigenvalue weighted by molar-refractivity contribution is 0.132. The molecule has 5 aromatic carbocycles. The van der Waals surface area contributed by atoms with Gasteiger partial charge in [0.2, 0.25) is 0 Å². The Morgan fingerprint density at radius 3 is 2.04 bits per heavy atom. The summed E-state index contributed by atoms with van der Waals surface area (Å²) in [6.07, 6.45) is 37.8. The number of benzene rings is 5. The number of fused-ring (bicyclic) bond motifs is 11. The summed E-state index contributed by atoms with van der Waals surface area (Å²) in [6.45, 7) is 0. The van der Waals surface area contributed by atoms with Gasteiger partial charge in [-0.2, -0.15) is 5.10 Å². The molecule has 2 heterocycles. The summed E-state index contributed by atoms with van der Waals surface area (Å²) in [4.78, 5) is 0. The summed E-state index contributed by atoms with van der Waals surface area (Å²) >= 11 is 0. The van der Waals surface area contributed by atoms with E-state index in [1.54, 1.807) is 50.1 Å². The normalized spacial score (nSPS) is 33.8. The van der Waals surface area contributed by atoms with Gasteiger partial charge in [0.25, 0.3) is 0 Å². The lowest BCUT2D eigenvalue weighted by atomic mass is 9.61. The molecule has 8 aliphatic carbocycles. The monoisotopic (exact) mass is 939 g/mol. The van der Waals surface area contributed by atoms with E-state index in [0.717, 1.165) is 50.4 Å². The van der Waals surface area contributed by atoms with Crippen molar-refractivity contribution in [2.24, 2.45) is 46.5 Å². The molecule has 1 fully saturated rings. The van der Waals surface area contributed by atoms with Gasteiger partial charge >= 0.3 is 0 Å². The quantitative estimate of drug-likeness (QED) is 0.149. The number of allylic oxidation sites excluding steroid dienone is 11. The molecule has 0 spiro atoms. The zero-order valence-electron chi connectivity index (χ0n) is 42.0. The van der Waals surface area contributed by atoms with Crippen LogP contribution >= 0.6 is 0 Å². The number of hydrogen-bond donors (Lipinski definition) is 0. The van der Waals surface area contributed by atoms with E-state index in [9.17, 15) is 0 Å². The Balaban J connectivity index is 0.870. The first-order valence-electron chi connectivity index (χ1n) is 28.6. The fourth-order valence-electron chi connectivity index (χ4n) is 17.0. The molecular formula is C70H70N2. The number of hydrazone groups is 1. The molecule has 10 aliphatic rings. The maximum absolute atomic E-state index is 5.94. The summed E-state index contributed by atoms with van der Waals surface area (Å²) in [5.41, 5.74) is 21.5. The third kappa shape index (κ3) is 7.27. The van der Waals surface area contributed by atoms with Gasteiger partial charge in [0.15, 0.2) is 0 Å². The first-order valence-corrected chi connectivity index (χ1v) is 28.6. The van der Waals surface area contributed by atoms with Gasteiger partial charge in [-0.1, -0.05) is 176 Å². The van der Waals surface area contributed by atoms with Crippen LogP contribution in [0, 0.1) is 41.4 Å². The predicted octanol–water partition coefficient (Wildman–Crippen LogP) is 16.7. The van der Waals surface area contributed by atoms with Gasteiger partial charge in [0, 0.05) is 11.8 Å². The van der Waals surface area contributed by atoms with E-state index < -0.39 is 0 Å². The van der Waals surface area contributed by atoms with Crippen LogP contribution < -0.4 is 0 Å². The van der Waals surface area contributed by atoms with Crippen LogP contribution in [0.25, 0.3) is 5.57 Å². The first kappa shape index (κ1) is 43.6. The van der Waals surface area contributed by atoms with Crippen molar-refractivity contribution in [1.29, 1.82) is 0 Å². The zero-order chi connectivity index (χ0) is 47.3. The van der Waals surface area contributed by atoms with Crippen LogP contribution in [0.15, 0.2) is 198 Å². The SMILES string of the molecule is C1=CC2c3ccccc3CC(c3cc(C4=CCCC(C5=C(C6=CCCCC6)N6N=C(c7ccccc7)C(c7ccccc7)C6C6CCC=CC56)C4)cc(C4Cc5ccccc5C5C4C=CC4CC45)c3)C2CC1. The summed E-state index contributed by atoms with van der Waals surface area (Å²) < 4.78 is 0. The minimum Gasteiger partial charge on any atom is -0.261 e. The van der Waals surface area contributed by atoms with Crippen molar-refractivity contribution >= 4 is 11.3 Å². The highest BCUT2D eigenvalue weighted by molar-refractivity contribution is 6.07. The van der Waals surface area contributed by atoms with E-state index in [1.807, 2.05) is 0 Å². The molecule has 5 aromatic rings. The molecule has 1 saturated carbocycles. The third-order valence-corrected chi connectivity index (χ3v) is 20.3. The van der Waals surface area contributed by atoms with Crippen molar-refractivity contribution in [2.75, 3.05) is 0 Å². The molecule has 2 aliphatic heterocycles. The molecule has 2 nitrogen and oxygen atoms in total. The Kier molecular flexibility index (Phi) is 10.8. The highest BCUT2D eigenvalue weighted by Crippen LogP contribution is 2.62. The van der Waals surface area contributed by atoms with Crippen molar-refractivity contribution in [3.8, 4) is 0 Å². The van der Waals surface area contributed by atoms with Crippen LogP contribution in [0.4, 0.5) is 0 Å². The number of nitrogens with zero attached hydrogens (tertiary/aromatic N) is 2. The van der Waals surface area contributed by atoms with Gasteiger partial charge in [0.1, 0.15) is 0 Å². The zero-order valence-corrected chi connectivity index (χ0v) is 42.0. The second kappa shape index (κ2) is 17.9. The Labute approximate surface area is 429 Å². The first-order chi connectivity index (χ1) is 35.7. The van der Waals surface area contributed by atoms with Gasteiger partial charge in [-0.3, -0.25) is 5.01 Å². The predicted molar refractivity (Wildman–Crippen MR) is 296 cm³/mol. The summed E-state index contributed by atoms with van der Waals surface area (Å²) in [5, 5.41) is 8.61. The molecule has 0 bridgehead atoms. The Hall–Kier alpha value is -5.99. The highest BCUT2D eigenvalue weighted by atomic mass is 15.5. The number of rotatable bonds is 7. The van der Waals surface area contributed by atoms with Crippen LogP contribution in [0.3, 0.4) is 0 Å². The van der Waals surface area contributed by atoms with Gasteiger partial charge in [-0.25, -0.2) is 0 Å². The topological polar surface area (TPSA) is 15.6 Å². The molecule has 0 aromatic heterocycles. The Morgan fingerprint density at radius 1 is 0.514 bits per heavy atom. The smallest absolute Gasteiger partial charge is 0.0778 e. The van der Waals surface area contributed by atoms with Crippen molar-refractivity contribution in [2.45, 2.75) is 126 Å². The van der Waals surface area contributed by atoms with E-state index in [1.165, 1.54) is 79.5 Å². The molecule has 0 radical (unpaired) electrons. The summed E-state index contributed by atoms with van der Waals surface area (Å²) in [7, 11) is 0. The average molecular weight is 939 g/mol. The van der Waals surface area contributed by atoms with Gasteiger partial charge in [-0.15, -0.1) is 0 Å². The second-order valence-electron chi connectivity index (χ2n) is 23.9. The molecule has 0 amide bonds. The van der Waals surface area contributed by atoms with E-state index in [0.29, 0.717) is 59.3 Å². The minimum atomic E-state index is 0.221. The van der Waals surface area contributed by atoms with Gasteiger partial charge in [-0.05, 0) is 210 Å². The second-order valence-corrected chi connectivity index (χ2v) is 23.9. The van der Waals surface area contributed by atoms with E-state index >= 15 is 0 Å². The number of hydrogen-bond acceptors (Lipinski definition) is 2. The highest BCUT2D eigenvalue weighted by Gasteiger charge is 2.54. The van der Waals surface area contributed by atoms with Crippen LogP contribution in [0.2, 0.25) is 0 Å². The average Bonchev–Trinajstić information content (AvgIpc) is 4.15. The maximum Gasteiger partial charge on any atom is 0.0778 e. The molecule has 15 rings (SSSR count). The minimum absolute atomic E-state index is 0.221. The van der Waals surface area contributed by atoms with Crippen molar-refractivity contribution in [1.82, 2.24) is 5.01 Å². The lowest BCUT2D eigenvalue weighted by Crippen LogP contribution is -2.48.